The van der Waals surface area contributed by atoms with Crippen molar-refractivity contribution in [2.75, 3.05) is 0 Å². The minimum absolute atomic E-state index is 0.0280. The Labute approximate surface area is 185 Å². The lowest BCUT2D eigenvalue weighted by Crippen LogP contribution is -2.18. The van der Waals surface area contributed by atoms with Crippen LogP contribution in [-0.2, 0) is 10.1 Å². The zero-order valence-corrected chi connectivity index (χ0v) is 18.0. The first-order valence-corrected chi connectivity index (χ1v) is 10.8. The van der Waals surface area contributed by atoms with Gasteiger partial charge in [-0.1, -0.05) is 24.3 Å². The van der Waals surface area contributed by atoms with E-state index in [1.54, 1.807) is 42.5 Å². The molecule has 0 saturated heterocycles. The largest absolute Gasteiger partial charge is 0.378 e. The molecule has 3 aromatic carbocycles. The van der Waals surface area contributed by atoms with Gasteiger partial charge in [0.15, 0.2) is 5.75 Å². The Morgan fingerprint density at radius 2 is 1.68 bits per heavy atom. The summed E-state index contributed by atoms with van der Waals surface area (Å²) in [5.74, 6) is -0.486. The Bertz CT molecular complexity index is 1260. The number of hydrogen-bond acceptors (Lipinski definition) is 7. The summed E-state index contributed by atoms with van der Waals surface area (Å²) < 4.78 is 30.8. The Hall–Kier alpha value is -3.57. The lowest BCUT2D eigenvalue weighted by atomic mass is 10.2. The minimum Gasteiger partial charge on any atom is -0.378 e. The van der Waals surface area contributed by atoms with Gasteiger partial charge in [-0.15, -0.1) is 0 Å². The van der Waals surface area contributed by atoms with Crippen molar-refractivity contribution in [2.24, 2.45) is 5.10 Å². The summed E-state index contributed by atoms with van der Waals surface area (Å²) in [6.45, 7) is 0. The Kier molecular flexibility index (Phi) is 6.78. The lowest BCUT2D eigenvalue weighted by molar-refractivity contribution is -0.384. The van der Waals surface area contributed by atoms with Crippen molar-refractivity contribution in [1.29, 1.82) is 0 Å². The summed E-state index contributed by atoms with van der Waals surface area (Å²) in [5, 5.41) is 14.6. The zero-order valence-electron chi connectivity index (χ0n) is 15.6. The second-order valence-corrected chi connectivity index (χ2v) is 8.41. The number of carbonyl (C=O) groups excluding carboxylic acids is 1. The van der Waals surface area contributed by atoms with E-state index in [-0.39, 0.29) is 16.3 Å². The van der Waals surface area contributed by atoms with Gasteiger partial charge in [-0.25, -0.2) is 5.43 Å². The van der Waals surface area contributed by atoms with Crippen LogP contribution in [0.5, 0.6) is 5.75 Å². The number of hydrogen-bond donors (Lipinski definition) is 1. The molecule has 0 aliphatic rings. The normalized spacial score (nSPS) is 11.3. The van der Waals surface area contributed by atoms with Crippen molar-refractivity contribution in [3.63, 3.8) is 0 Å². The number of nitrogens with one attached hydrogen (secondary N) is 1. The number of nitrogens with zero attached hydrogens (tertiary/aromatic N) is 2. The van der Waals surface area contributed by atoms with Crippen LogP contribution in [0.25, 0.3) is 0 Å². The summed E-state index contributed by atoms with van der Waals surface area (Å²) >= 11 is 3.28. The van der Waals surface area contributed by atoms with Crippen LogP contribution in [0.15, 0.2) is 87.3 Å². The molecule has 0 unspecified atom stereocenters. The van der Waals surface area contributed by atoms with Gasteiger partial charge in [0.2, 0.25) is 0 Å². The molecule has 0 radical (unpaired) electrons. The number of benzene rings is 3. The molecule has 3 aromatic rings. The molecule has 0 fully saturated rings. The monoisotopic (exact) mass is 503 g/mol. The van der Waals surface area contributed by atoms with Crippen LogP contribution >= 0.6 is 15.9 Å². The molecular formula is C20H14BrN3O6S. The number of carbonyl (C=O) groups is 1. The maximum Gasteiger partial charge on any atom is 0.339 e. The highest BCUT2D eigenvalue weighted by Crippen LogP contribution is 2.23. The molecule has 0 heterocycles. The predicted octanol–water partition coefficient (Wildman–Crippen LogP) is 3.89. The first-order valence-electron chi connectivity index (χ1n) is 8.64. The van der Waals surface area contributed by atoms with Gasteiger partial charge in [0.25, 0.3) is 11.6 Å². The maximum absolute atomic E-state index is 12.5. The molecule has 0 bridgehead atoms. The minimum atomic E-state index is -4.25. The van der Waals surface area contributed by atoms with Gasteiger partial charge in [-0.3, -0.25) is 14.9 Å². The van der Waals surface area contributed by atoms with E-state index in [2.05, 4.69) is 26.5 Å². The van der Waals surface area contributed by atoms with Gasteiger partial charge < -0.3 is 4.18 Å². The van der Waals surface area contributed by atoms with E-state index in [1.165, 1.54) is 12.3 Å². The van der Waals surface area contributed by atoms with Crippen LogP contribution in [0.4, 0.5) is 5.69 Å². The van der Waals surface area contributed by atoms with Crippen molar-refractivity contribution in [2.45, 2.75) is 4.90 Å². The van der Waals surface area contributed by atoms with Gasteiger partial charge in [0.05, 0.1) is 16.7 Å². The molecule has 0 aliphatic carbocycles. The van der Waals surface area contributed by atoms with E-state index in [9.17, 15) is 23.3 Å². The molecule has 9 nitrogen and oxygen atoms in total. The summed E-state index contributed by atoms with van der Waals surface area (Å²) in [7, 11) is -4.25. The fraction of sp³-hybridized carbons (Fsp3) is 0. The number of non-ortho nitro benzene ring substituents is 1. The molecule has 0 aromatic heterocycles. The van der Waals surface area contributed by atoms with Crippen LogP contribution in [0, 0.1) is 10.1 Å². The number of halogens is 1. The second-order valence-electron chi connectivity index (χ2n) is 6.01. The fourth-order valence-corrected chi connectivity index (χ4v) is 3.85. The fourth-order valence-electron chi connectivity index (χ4n) is 2.43. The van der Waals surface area contributed by atoms with E-state index >= 15 is 0 Å². The molecule has 1 N–H and O–H groups in total. The standard InChI is InChI=1S/C20H14BrN3O6S/c21-18-7-3-2-6-17(18)20(25)23-22-13-14-5-1-4-8-19(14)30-31(28,29)16-11-9-15(10-12-16)24(26)27/h1-13H,(H,23,25)/b22-13-. The third kappa shape index (κ3) is 5.53. The van der Waals surface area contributed by atoms with Crippen LogP contribution < -0.4 is 9.61 Å². The first kappa shape index (κ1) is 22.1. The Balaban J connectivity index is 1.77. The SMILES string of the molecule is O=C(N/N=C\c1ccccc1OS(=O)(=O)c1ccc([N+](=O)[O-])cc1)c1ccccc1Br. The van der Waals surface area contributed by atoms with E-state index < -0.39 is 20.9 Å². The van der Waals surface area contributed by atoms with Crippen LogP contribution in [-0.4, -0.2) is 25.5 Å². The summed E-state index contributed by atoms with van der Waals surface area (Å²) in [6.07, 6.45) is 1.25. The van der Waals surface area contributed by atoms with Crippen molar-refractivity contribution >= 4 is 43.9 Å². The third-order valence-corrected chi connectivity index (χ3v) is 5.88. The van der Waals surface area contributed by atoms with Crippen LogP contribution in [0.3, 0.4) is 0 Å². The number of amides is 1. The first-order chi connectivity index (χ1) is 14.8. The van der Waals surface area contributed by atoms with Crippen molar-refractivity contribution in [3.8, 4) is 5.75 Å². The zero-order chi connectivity index (χ0) is 22.4. The van der Waals surface area contributed by atoms with Gasteiger partial charge in [0.1, 0.15) is 4.90 Å². The summed E-state index contributed by atoms with van der Waals surface area (Å²) in [4.78, 5) is 22.1. The second kappa shape index (κ2) is 9.49. The topological polar surface area (TPSA) is 128 Å². The van der Waals surface area contributed by atoms with Crippen molar-refractivity contribution < 1.29 is 22.3 Å². The highest BCUT2D eigenvalue weighted by molar-refractivity contribution is 9.10. The average Bonchev–Trinajstić information content (AvgIpc) is 2.75. The van der Waals surface area contributed by atoms with Gasteiger partial charge in [-0.2, -0.15) is 13.5 Å². The quantitative estimate of drug-likeness (QED) is 0.225. The summed E-state index contributed by atoms with van der Waals surface area (Å²) in [6, 6.07) is 17.3. The molecule has 1 amide bonds. The summed E-state index contributed by atoms with van der Waals surface area (Å²) in [5.41, 5.74) is 2.79. The Morgan fingerprint density at radius 3 is 2.35 bits per heavy atom. The molecule has 0 aliphatic heterocycles. The lowest BCUT2D eigenvalue weighted by Gasteiger charge is -2.09. The molecule has 31 heavy (non-hydrogen) atoms. The third-order valence-electron chi connectivity index (χ3n) is 3.94. The number of rotatable bonds is 7. The molecule has 11 heteroatoms. The molecular weight excluding hydrogens is 490 g/mol. The Morgan fingerprint density at radius 1 is 1.03 bits per heavy atom. The number of hydrazone groups is 1. The predicted molar refractivity (Wildman–Crippen MR) is 117 cm³/mol. The van der Waals surface area contributed by atoms with Gasteiger partial charge in [-0.05, 0) is 52.3 Å². The molecule has 0 saturated carbocycles. The van der Waals surface area contributed by atoms with Gasteiger partial charge >= 0.3 is 10.1 Å². The van der Waals surface area contributed by atoms with Crippen LogP contribution in [0.2, 0.25) is 0 Å². The highest BCUT2D eigenvalue weighted by atomic mass is 79.9. The van der Waals surface area contributed by atoms with E-state index in [1.807, 2.05) is 0 Å². The maximum atomic E-state index is 12.5. The molecule has 0 spiro atoms. The number of nitro benzene ring substituents is 1. The smallest absolute Gasteiger partial charge is 0.339 e. The number of para-hydroxylation sites is 1. The van der Waals surface area contributed by atoms with E-state index in [0.717, 1.165) is 24.3 Å². The molecule has 3 rings (SSSR count). The average molecular weight is 504 g/mol. The highest BCUT2D eigenvalue weighted by Gasteiger charge is 2.19. The van der Waals surface area contributed by atoms with Crippen molar-refractivity contribution in [1.82, 2.24) is 5.43 Å². The molecule has 158 valence electrons. The number of nitro groups is 1. The van der Waals surface area contributed by atoms with Gasteiger partial charge in [0, 0.05) is 22.2 Å². The van der Waals surface area contributed by atoms with Crippen LogP contribution in [0.1, 0.15) is 15.9 Å². The molecule has 0 atom stereocenters. The van der Waals surface area contributed by atoms with E-state index in [0.29, 0.717) is 15.6 Å². The van der Waals surface area contributed by atoms with E-state index in [4.69, 9.17) is 4.18 Å². The van der Waals surface area contributed by atoms with Crippen molar-refractivity contribution in [3.05, 3.63) is 98.5 Å².